The molecule has 0 atom stereocenters. The number of hydrogen-bond acceptors (Lipinski definition) is 3. The van der Waals surface area contributed by atoms with Crippen molar-refractivity contribution in [3.8, 4) is 11.3 Å². The average molecular weight is 359 g/mol. The summed E-state index contributed by atoms with van der Waals surface area (Å²) in [5.74, 6) is 0.111. The van der Waals surface area contributed by atoms with E-state index in [9.17, 15) is 4.79 Å². The molecule has 1 saturated carbocycles. The molecule has 1 amide bonds. The first-order valence-electron chi connectivity index (χ1n) is 9.47. The lowest BCUT2D eigenvalue weighted by Gasteiger charge is -2.13. The molecule has 0 spiro atoms. The second-order valence-corrected chi connectivity index (χ2v) is 7.64. The van der Waals surface area contributed by atoms with Gasteiger partial charge in [0, 0.05) is 36.8 Å². The highest BCUT2D eigenvalue weighted by Gasteiger charge is 2.23. The van der Waals surface area contributed by atoms with Gasteiger partial charge in [-0.25, -0.2) is 4.98 Å². The van der Waals surface area contributed by atoms with Gasteiger partial charge < -0.3 is 10.2 Å². The standard InChI is InChI=1S/C23H25N3O/c1-15-12-22(17-5-9-19(10-6-17)26(2)3)25-21-11-4-16(13-20(15)21)14-23(27)24-18-7-8-18/h4-6,9-13,18H,7-8,14H2,1-3H3,(H,24,27). The van der Waals surface area contributed by atoms with Gasteiger partial charge in [0.25, 0.3) is 0 Å². The molecule has 1 aliphatic rings. The Kier molecular flexibility index (Phi) is 4.56. The minimum Gasteiger partial charge on any atom is -0.378 e. The maximum Gasteiger partial charge on any atom is 0.224 e. The summed E-state index contributed by atoms with van der Waals surface area (Å²) in [5.41, 5.74) is 6.44. The Bertz CT molecular complexity index is 988. The number of carbonyl (C=O) groups is 1. The van der Waals surface area contributed by atoms with Gasteiger partial charge in [-0.3, -0.25) is 4.79 Å². The quantitative estimate of drug-likeness (QED) is 0.746. The fraction of sp³-hybridized carbons (Fsp3) is 0.304. The molecule has 4 heteroatoms. The van der Waals surface area contributed by atoms with Gasteiger partial charge in [0.15, 0.2) is 0 Å². The van der Waals surface area contributed by atoms with Crippen molar-refractivity contribution in [3.05, 3.63) is 59.7 Å². The van der Waals surface area contributed by atoms with Crippen LogP contribution in [0.15, 0.2) is 48.5 Å². The Morgan fingerprint density at radius 3 is 2.52 bits per heavy atom. The van der Waals surface area contributed by atoms with E-state index in [1.165, 1.54) is 11.3 Å². The van der Waals surface area contributed by atoms with E-state index in [2.05, 4.69) is 53.5 Å². The van der Waals surface area contributed by atoms with E-state index >= 15 is 0 Å². The Labute approximate surface area is 160 Å². The molecule has 1 aliphatic carbocycles. The number of benzene rings is 2. The van der Waals surface area contributed by atoms with Crippen LogP contribution in [0.5, 0.6) is 0 Å². The summed E-state index contributed by atoms with van der Waals surface area (Å²) in [6, 6.07) is 17.1. The van der Waals surface area contributed by atoms with Gasteiger partial charge in [-0.1, -0.05) is 18.2 Å². The molecule has 4 nitrogen and oxygen atoms in total. The molecule has 2 aromatic carbocycles. The minimum absolute atomic E-state index is 0.111. The Morgan fingerprint density at radius 1 is 1.11 bits per heavy atom. The summed E-state index contributed by atoms with van der Waals surface area (Å²) >= 11 is 0. The number of pyridine rings is 1. The van der Waals surface area contributed by atoms with Crippen molar-refractivity contribution in [1.29, 1.82) is 0 Å². The maximum absolute atomic E-state index is 12.1. The van der Waals surface area contributed by atoms with Crippen molar-refractivity contribution in [2.45, 2.75) is 32.2 Å². The molecule has 0 aliphatic heterocycles. The number of carbonyl (C=O) groups excluding carboxylic acids is 1. The van der Waals surface area contributed by atoms with Crippen molar-refractivity contribution in [2.75, 3.05) is 19.0 Å². The SMILES string of the molecule is Cc1cc(-c2ccc(N(C)C)cc2)nc2ccc(CC(=O)NC3CC3)cc12. The normalized spacial score (nSPS) is 13.6. The molecule has 0 bridgehead atoms. The summed E-state index contributed by atoms with van der Waals surface area (Å²) in [6.45, 7) is 2.11. The number of fused-ring (bicyclic) bond motifs is 1. The van der Waals surface area contributed by atoms with Gasteiger partial charge in [-0.05, 0) is 61.2 Å². The number of nitrogens with one attached hydrogen (secondary N) is 1. The second-order valence-electron chi connectivity index (χ2n) is 7.64. The van der Waals surface area contributed by atoms with Crippen LogP contribution >= 0.6 is 0 Å². The van der Waals surface area contributed by atoms with Crippen molar-refractivity contribution in [3.63, 3.8) is 0 Å². The Balaban J connectivity index is 1.61. The van der Waals surface area contributed by atoms with Crippen LogP contribution in [0, 0.1) is 6.92 Å². The summed E-state index contributed by atoms with van der Waals surface area (Å²) in [5, 5.41) is 4.16. The largest absolute Gasteiger partial charge is 0.378 e. The maximum atomic E-state index is 12.1. The molecule has 4 rings (SSSR count). The number of hydrogen-bond donors (Lipinski definition) is 1. The zero-order chi connectivity index (χ0) is 19.0. The van der Waals surface area contributed by atoms with E-state index in [4.69, 9.17) is 4.98 Å². The van der Waals surface area contributed by atoms with E-state index in [1.807, 2.05) is 26.2 Å². The van der Waals surface area contributed by atoms with Crippen LogP contribution in [-0.4, -0.2) is 31.0 Å². The van der Waals surface area contributed by atoms with E-state index in [0.29, 0.717) is 12.5 Å². The molecule has 0 saturated heterocycles. The number of aromatic nitrogens is 1. The van der Waals surface area contributed by atoms with E-state index < -0.39 is 0 Å². The molecule has 1 N–H and O–H groups in total. The first kappa shape index (κ1) is 17.5. The van der Waals surface area contributed by atoms with Crippen molar-refractivity contribution >= 4 is 22.5 Å². The molecule has 27 heavy (non-hydrogen) atoms. The van der Waals surface area contributed by atoms with Crippen LogP contribution in [0.4, 0.5) is 5.69 Å². The molecular formula is C23H25N3O. The highest BCUT2D eigenvalue weighted by atomic mass is 16.1. The van der Waals surface area contributed by atoms with E-state index in [-0.39, 0.29) is 5.91 Å². The van der Waals surface area contributed by atoms with Crippen LogP contribution in [-0.2, 0) is 11.2 Å². The van der Waals surface area contributed by atoms with Crippen molar-refractivity contribution in [1.82, 2.24) is 10.3 Å². The summed E-state index contributed by atoms with van der Waals surface area (Å²) in [4.78, 5) is 19.0. The molecule has 1 fully saturated rings. The lowest BCUT2D eigenvalue weighted by atomic mass is 10.0. The first-order valence-corrected chi connectivity index (χ1v) is 9.47. The summed E-state index contributed by atoms with van der Waals surface area (Å²) in [6.07, 6.45) is 2.66. The van der Waals surface area contributed by atoms with Gasteiger partial charge in [-0.15, -0.1) is 0 Å². The monoisotopic (exact) mass is 359 g/mol. The van der Waals surface area contributed by atoms with Crippen molar-refractivity contribution in [2.24, 2.45) is 0 Å². The molecule has 0 unspecified atom stereocenters. The lowest BCUT2D eigenvalue weighted by Crippen LogP contribution is -2.26. The molecule has 0 radical (unpaired) electrons. The lowest BCUT2D eigenvalue weighted by molar-refractivity contribution is -0.120. The van der Waals surface area contributed by atoms with Gasteiger partial charge in [0.1, 0.15) is 0 Å². The van der Waals surface area contributed by atoms with Gasteiger partial charge >= 0.3 is 0 Å². The Hall–Kier alpha value is -2.88. The molecular weight excluding hydrogens is 334 g/mol. The minimum atomic E-state index is 0.111. The Morgan fingerprint density at radius 2 is 1.85 bits per heavy atom. The number of nitrogens with zero attached hydrogens (tertiary/aromatic N) is 2. The highest BCUT2D eigenvalue weighted by molar-refractivity contribution is 5.87. The predicted octanol–water partition coefficient (Wildman–Crippen LogP) is 4.10. The van der Waals surface area contributed by atoms with Crippen LogP contribution in [0.1, 0.15) is 24.0 Å². The molecule has 1 heterocycles. The third-order valence-electron chi connectivity index (χ3n) is 5.07. The van der Waals surface area contributed by atoms with Crippen molar-refractivity contribution < 1.29 is 4.79 Å². The highest BCUT2D eigenvalue weighted by Crippen LogP contribution is 2.27. The van der Waals surface area contributed by atoms with Gasteiger partial charge in [0.05, 0.1) is 17.6 Å². The molecule has 138 valence electrons. The fourth-order valence-corrected chi connectivity index (χ4v) is 3.32. The number of aryl methyl sites for hydroxylation is 1. The van der Waals surface area contributed by atoms with Gasteiger partial charge in [-0.2, -0.15) is 0 Å². The third kappa shape index (κ3) is 3.95. The summed E-state index contributed by atoms with van der Waals surface area (Å²) < 4.78 is 0. The first-order chi connectivity index (χ1) is 13.0. The van der Waals surface area contributed by atoms with Gasteiger partial charge in [0.2, 0.25) is 5.91 Å². The van der Waals surface area contributed by atoms with E-state index in [1.54, 1.807) is 0 Å². The van der Waals surface area contributed by atoms with E-state index in [0.717, 1.165) is 40.6 Å². The zero-order valence-electron chi connectivity index (χ0n) is 16.1. The molecule has 1 aromatic heterocycles. The predicted molar refractivity (Wildman–Crippen MR) is 111 cm³/mol. The van der Waals surface area contributed by atoms with Crippen LogP contribution in [0.25, 0.3) is 22.2 Å². The smallest absolute Gasteiger partial charge is 0.224 e. The fourth-order valence-electron chi connectivity index (χ4n) is 3.32. The number of anilines is 1. The third-order valence-corrected chi connectivity index (χ3v) is 5.07. The number of amides is 1. The molecule has 3 aromatic rings. The van der Waals surface area contributed by atoms with Crippen LogP contribution < -0.4 is 10.2 Å². The number of rotatable bonds is 5. The zero-order valence-corrected chi connectivity index (χ0v) is 16.1. The van der Waals surface area contributed by atoms with Crippen LogP contribution in [0.3, 0.4) is 0 Å². The topological polar surface area (TPSA) is 45.2 Å². The summed E-state index contributed by atoms with van der Waals surface area (Å²) in [7, 11) is 4.08. The average Bonchev–Trinajstić information content (AvgIpc) is 3.46. The van der Waals surface area contributed by atoms with Crippen LogP contribution in [0.2, 0.25) is 0 Å². The second kappa shape index (κ2) is 7.03.